The minimum absolute atomic E-state index is 0.122. The number of hydrogen-bond donors (Lipinski definition) is 1. The summed E-state index contributed by atoms with van der Waals surface area (Å²) in [7, 11) is 0. The van der Waals surface area contributed by atoms with Crippen molar-refractivity contribution in [1.29, 1.82) is 0 Å². The van der Waals surface area contributed by atoms with Crippen molar-refractivity contribution >= 4 is 40.9 Å². The summed E-state index contributed by atoms with van der Waals surface area (Å²) in [5.41, 5.74) is 5.13. The number of carbonyl (C=O) groups is 2. The van der Waals surface area contributed by atoms with Crippen molar-refractivity contribution in [3.8, 4) is 5.75 Å². The molecule has 0 radical (unpaired) electrons. The van der Waals surface area contributed by atoms with Crippen LogP contribution >= 0.6 is 23.2 Å². The first-order chi connectivity index (χ1) is 9.92. The third kappa shape index (κ3) is 6.46. The van der Waals surface area contributed by atoms with E-state index in [9.17, 15) is 9.59 Å². The van der Waals surface area contributed by atoms with Crippen LogP contribution < -0.4 is 10.5 Å². The minimum atomic E-state index is -0.917. The number of rotatable bonds is 6. The number of nitrogens with two attached hydrogens (primary N) is 1. The smallest absolute Gasteiger partial charge is 0.338 e. The maximum absolute atomic E-state index is 11.4. The van der Waals surface area contributed by atoms with E-state index in [2.05, 4.69) is 4.99 Å². The van der Waals surface area contributed by atoms with Gasteiger partial charge in [0, 0.05) is 5.02 Å². The molecule has 1 rings (SSSR count). The van der Waals surface area contributed by atoms with Crippen molar-refractivity contribution in [3.63, 3.8) is 0 Å². The molecule has 0 saturated heterocycles. The van der Waals surface area contributed by atoms with E-state index in [-0.39, 0.29) is 25.3 Å². The summed E-state index contributed by atoms with van der Waals surface area (Å²) in [4.78, 5) is 25.8. The molecule has 1 aromatic rings. The van der Waals surface area contributed by atoms with Gasteiger partial charge >= 0.3 is 12.0 Å². The molecule has 0 fully saturated rings. The normalized spacial score (nSPS) is 11.1. The van der Waals surface area contributed by atoms with Crippen molar-refractivity contribution in [2.24, 2.45) is 10.7 Å². The number of benzene rings is 1. The molecule has 0 aliphatic carbocycles. The van der Waals surface area contributed by atoms with Crippen LogP contribution in [0.5, 0.6) is 5.75 Å². The number of primary amides is 1. The maximum Gasteiger partial charge on any atom is 0.338 e. The first-order valence-corrected chi connectivity index (χ1v) is 6.77. The van der Waals surface area contributed by atoms with Gasteiger partial charge in [0.05, 0.1) is 23.8 Å². The van der Waals surface area contributed by atoms with Crippen LogP contribution in [-0.2, 0) is 9.53 Å². The number of ether oxygens (including phenoxy) is 2. The summed E-state index contributed by atoms with van der Waals surface area (Å²) in [6.45, 7) is 1.78. The van der Waals surface area contributed by atoms with Gasteiger partial charge < -0.3 is 15.2 Å². The third-order valence-electron chi connectivity index (χ3n) is 2.21. The fraction of sp³-hybridized carbons (Fsp3) is 0.308. The van der Waals surface area contributed by atoms with E-state index < -0.39 is 12.0 Å². The van der Waals surface area contributed by atoms with Gasteiger partial charge in [-0.05, 0) is 25.1 Å². The summed E-state index contributed by atoms with van der Waals surface area (Å²) in [6, 6.07) is 3.75. The van der Waals surface area contributed by atoms with Crippen LogP contribution in [0.25, 0.3) is 0 Å². The molecule has 2 amide bonds. The lowest BCUT2D eigenvalue weighted by molar-refractivity contribution is -0.141. The van der Waals surface area contributed by atoms with Gasteiger partial charge in [0.1, 0.15) is 12.4 Å². The molecule has 0 bridgehead atoms. The molecule has 0 aliphatic heterocycles. The Bertz CT molecular complexity index is 561. The van der Waals surface area contributed by atoms with Gasteiger partial charge in [-0.1, -0.05) is 23.2 Å². The second kappa shape index (κ2) is 8.49. The second-order valence-electron chi connectivity index (χ2n) is 3.86. The number of hydrogen-bond acceptors (Lipinski definition) is 4. The number of urea groups is 1. The minimum Gasteiger partial charge on any atom is -0.486 e. The lowest BCUT2D eigenvalue weighted by Crippen LogP contribution is -2.21. The van der Waals surface area contributed by atoms with Crippen LogP contribution in [0.3, 0.4) is 0 Å². The van der Waals surface area contributed by atoms with E-state index in [1.165, 1.54) is 6.07 Å². The average molecular weight is 333 g/mol. The molecule has 0 aromatic heterocycles. The molecule has 0 atom stereocenters. The Morgan fingerprint density at radius 3 is 2.62 bits per heavy atom. The number of halogens is 2. The predicted octanol–water partition coefficient (Wildman–Crippen LogP) is 2.85. The van der Waals surface area contributed by atoms with Crippen molar-refractivity contribution in [2.45, 2.75) is 13.3 Å². The highest BCUT2D eigenvalue weighted by Gasteiger charge is 2.12. The van der Waals surface area contributed by atoms with Crippen LogP contribution in [0.4, 0.5) is 4.79 Å². The Morgan fingerprint density at radius 1 is 1.33 bits per heavy atom. The van der Waals surface area contributed by atoms with Crippen molar-refractivity contribution in [3.05, 3.63) is 28.2 Å². The quantitative estimate of drug-likeness (QED) is 0.640. The van der Waals surface area contributed by atoms with Gasteiger partial charge in [0.15, 0.2) is 0 Å². The topological polar surface area (TPSA) is 91.0 Å². The van der Waals surface area contributed by atoms with E-state index in [0.29, 0.717) is 15.8 Å². The predicted molar refractivity (Wildman–Crippen MR) is 80.2 cm³/mol. The van der Waals surface area contributed by atoms with Crippen LogP contribution in [0.1, 0.15) is 13.3 Å². The van der Waals surface area contributed by atoms with Gasteiger partial charge in [-0.2, -0.15) is 4.99 Å². The summed E-state index contributed by atoms with van der Waals surface area (Å²) in [5.74, 6) is -0.176. The molecule has 6 nitrogen and oxygen atoms in total. The molecule has 21 heavy (non-hydrogen) atoms. The SMILES string of the molecule is CCOC(=O)C/C(COc1ccc(Cl)cc1Cl)=N/C(N)=O. The fourth-order valence-electron chi connectivity index (χ4n) is 1.41. The van der Waals surface area contributed by atoms with E-state index in [1.54, 1.807) is 19.1 Å². The number of esters is 1. The Labute approximate surface area is 131 Å². The standard InChI is InChI=1S/C13H14Cl2N2O4/c1-2-20-12(18)6-9(17-13(16)19)7-21-11-4-3-8(14)5-10(11)15/h3-5H,2,6-7H2,1H3,(H2,16,19)/b17-9-. The number of amides is 2. The summed E-state index contributed by atoms with van der Waals surface area (Å²) < 4.78 is 10.2. The summed E-state index contributed by atoms with van der Waals surface area (Å²) in [6.07, 6.45) is -0.192. The highest BCUT2D eigenvalue weighted by atomic mass is 35.5. The molecule has 0 heterocycles. The van der Waals surface area contributed by atoms with Crippen LogP contribution in [-0.4, -0.2) is 30.9 Å². The third-order valence-corrected chi connectivity index (χ3v) is 2.74. The average Bonchev–Trinajstić information content (AvgIpc) is 2.37. The van der Waals surface area contributed by atoms with Gasteiger partial charge in [-0.3, -0.25) is 4.79 Å². The molecule has 114 valence electrons. The second-order valence-corrected chi connectivity index (χ2v) is 4.71. The van der Waals surface area contributed by atoms with Crippen LogP contribution in [0.2, 0.25) is 10.0 Å². The number of nitrogens with zero attached hydrogens (tertiary/aromatic N) is 1. The lowest BCUT2D eigenvalue weighted by Gasteiger charge is -2.10. The van der Waals surface area contributed by atoms with E-state index in [0.717, 1.165) is 0 Å². The van der Waals surface area contributed by atoms with Crippen molar-refractivity contribution in [2.75, 3.05) is 13.2 Å². The Hall–Kier alpha value is -1.79. The monoisotopic (exact) mass is 332 g/mol. The fourth-order valence-corrected chi connectivity index (χ4v) is 1.87. The lowest BCUT2D eigenvalue weighted by atomic mass is 10.3. The van der Waals surface area contributed by atoms with Gasteiger partial charge in [0.2, 0.25) is 0 Å². The number of aliphatic imine (C=N–C) groups is 1. The van der Waals surface area contributed by atoms with Gasteiger partial charge in [-0.25, -0.2) is 4.79 Å². The molecule has 8 heteroatoms. The number of carbonyl (C=O) groups excluding carboxylic acids is 2. The molecule has 0 unspecified atom stereocenters. The largest absolute Gasteiger partial charge is 0.486 e. The van der Waals surface area contributed by atoms with Gasteiger partial charge in [0.25, 0.3) is 0 Å². The van der Waals surface area contributed by atoms with Gasteiger partial charge in [-0.15, -0.1) is 0 Å². The molecule has 1 aromatic carbocycles. The first kappa shape index (κ1) is 17.3. The Kier molecular flexibility index (Phi) is 6.98. The first-order valence-electron chi connectivity index (χ1n) is 6.01. The molecule has 0 spiro atoms. The highest BCUT2D eigenvalue weighted by Crippen LogP contribution is 2.27. The van der Waals surface area contributed by atoms with Crippen LogP contribution in [0, 0.1) is 0 Å². The Morgan fingerprint density at radius 2 is 2.05 bits per heavy atom. The Balaban J connectivity index is 2.73. The highest BCUT2D eigenvalue weighted by molar-refractivity contribution is 6.35. The zero-order chi connectivity index (χ0) is 15.8. The van der Waals surface area contributed by atoms with E-state index in [4.69, 9.17) is 38.4 Å². The molecular formula is C13H14Cl2N2O4. The summed E-state index contributed by atoms with van der Waals surface area (Å²) >= 11 is 11.7. The van der Waals surface area contributed by atoms with Crippen molar-refractivity contribution < 1.29 is 19.1 Å². The molecule has 0 saturated carbocycles. The zero-order valence-electron chi connectivity index (χ0n) is 11.3. The maximum atomic E-state index is 11.4. The molecule has 2 N–H and O–H groups in total. The van der Waals surface area contributed by atoms with Crippen molar-refractivity contribution in [1.82, 2.24) is 0 Å². The van der Waals surface area contributed by atoms with E-state index >= 15 is 0 Å². The zero-order valence-corrected chi connectivity index (χ0v) is 12.8. The summed E-state index contributed by atoms with van der Waals surface area (Å²) in [5, 5.41) is 0.766. The molecule has 0 aliphatic rings. The van der Waals surface area contributed by atoms with Crippen LogP contribution in [0.15, 0.2) is 23.2 Å². The molecular weight excluding hydrogens is 319 g/mol. The van der Waals surface area contributed by atoms with E-state index in [1.807, 2.05) is 0 Å².